The number of ether oxygens (including phenoxy) is 1. The van der Waals surface area contributed by atoms with Gasteiger partial charge in [0.25, 0.3) is 0 Å². The number of thioether (sulfide) groups is 1. The molecule has 4 heteroatoms. The van der Waals surface area contributed by atoms with E-state index < -0.39 is 0 Å². The van der Waals surface area contributed by atoms with Gasteiger partial charge in [-0.3, -0.25) is 4.79 Å². The van der Waals surface area contributed by atoms with Crippen LogP contribution in [-0.4, -0.2) is 30.9 Å². The molecule has 1 heterocycles. The van der Waals surface area contributed by atoms with Crippen LogP contribution in [0.3, 0.4) is 0 Å². The molecule has 2 atom stereocenters. The molecule has 1 aromatic carbocycles. The lowest BCUT2D eigenvalue weighted by Crippen LogP contribution is -2.41. The van der Waals surface area contributed by atoms with Crippen LogP contribution in [-0.2, 0) is 16.0 Å². The molecular formula is C16H23NO2S. The van der Waals surface area contributed by atoms with Crippen LogP contribution in [0.4, 0.5) is 0 Å². The second kappa shape index (κ2) is 7.14. The Morgan fingerprint density at radius 3 is 2.85 bits per heavy atom. The van der Waals surface area contributed by atoms with E-state index in [2.05, 4.69) is 43.4 Å². The van der Waals surface area contributed by atoms with Gasteiger partial charge in [0, 0.05) is 16.7 Å². The van der Waals surface area contributed by atoms with Crippen molar-refractivity contribution in [3.05, 3.63) is 29.8 Å². The van der Waals surface area contributed by atoms with Crippen molar-refractivity contribution in [3.8, 4) is 0 Å². The van der Waals surface area contributed by atoms with E-state index in [1.54, 1.807) is 0 Å². The highest BCUT2D eigenvalue weighted by Gasteiger charge is 2.25. The van der Waals surface area contributed by atoms with E-state index in [-0.39, 0.29) is 12.0 Å². The average Bonchev–Trinajstić information content (AvgIpc) is 2.84. The van der Waals surface area contributed by atoms with Gasteiger partial charge in [0.1, 0.15) is 6.04 Å². The SMILES string of the molecule is COC(=O)C(CC(C)C)NCC1Cc2ccccc2S1. The zero-order valence-electron chi connectivity index (χ0n) is 12.4. The third-order valence-corrected chi connectivity index (χ3v) is 4.82. The maximum atomic E-state index is 11.8. The number of fused-ring (bicyclic) bond motifs is 1. The van der Waals surface area contributed by atoms with Crippen molar-refractivity contribution in [2.24, 2.45) is 5.92 Å². The van der Waals surface area contributed by atoms with Gasteiger partial charge in [0.2, 0.25) is 0 Å². The molecule has 3 nitrogen and oxygen atoms in total. The Morgan fingerprint density at radius 1 is 1.45 bits per heavy atom. The van der Waals surface area contributed by atoms with Crippen LogP contribution in [0.25, 0.3) is 0 Å². The van der Waals surface area contributed by atoms with Gasteiger partial charge in [-0.05, 0) is 30.4 Å². The molecule has 2 rings (SSSR count). The summed E-state index contributed by atoms with van der Waals surface area (Å²) in [6.07, 6.45) is 1.89. The summed E-state index contributed by atoms with van der Waals surface area (Å²) in [6, 6.07) is 8.34. The molecule has 20 heavy (non-hydrogen) atoms. The van der Waals surface area contributed by atoms with Crippen molar-refractivity contribution in [2.45, 2.75) is 42.9 Å². The van der Waals surface area contributed by atoms with Crippen molar-refractivity contribution < 1.29 is 9.53 Å². The quantitative estimate of drug-likeness (QED) is 0.819. The summed E-state index contributed by atoms with van der Waals surface area (Å²) in [5.41, 5.74) is 1.42. The highest BCUT2D eigenvalue weighted by Crippen LogP contribution is 2.36. The third-order valence-electron chi connectivity index (χ3n) is 3.50. The zero-order chi connectivity index (χ0) is 14.5. The predicted molar refractivity (Wildman–Crippen MR) is 83.1 cm³/mol. The first kappa shape index (κ1) is 15.4. The second-order valence-corrected chi connectivity index (χ2v) is 7.01. The Bertz CT molecular complexity index is 437. The van der Waals surface area contributed by atoms with Crippen LogP contribution in [0.15, 0.2) is 29.2 Å². The van der Waals surface area contributed by atoms with Crippen molar-refractivity contribution >= 4 is 17.7 Å². The maximum Gasteiger partial charge on any atom is 0.322 e. The van der Waals surface area contributed by atoms with Gasteiger partial charge in [-0.2, -0.15) is 0 Å². The summed E-state index contributed by atoms with van der Waals surface area (Å²) < 4.78 is 4.88. The van der Waals surface area contributed by atoms with Gasteiger partial charge in [0.05, 0.1) is 7.11 Å². The number of carbonyl (C=O) groups is 1. The standard InChI is InChI=1S/C16H23NO2S/c1-11(2)8-14(16(18)19-3)17-10-13-9-12-6-4-5-7-15(12)20-13/h4-7,11,13-14,17H,8-10H2,1-3H3. The van der Waals surface area contributed by atoms with Gasteiger partial charge in [-0.25, -0.2) is 0 Å². The minimum Gasteiger partial charge on any atom is -0.468 e. The fraction of sp³-hybridized carbons (Fsp3) is 0.562. The zero-order valence-corrected chi connectivity index (χ0v) is 13.2. The molecule has 2 unspecified atom stereocenters. The lowest BCUT2D eigenvalue weighted by molar-refractivity contribution is -0.143. The number of esters is 1. The van der Waals surface area contributed by atoms with Crippen LogP contribution in [0.5, 0.6) is 0 Å². The summed E-state index contributed by atoms with van der Waals surface area (Å²) in [4.78, 5) is 13.2. The van der Waals surface area contributed by atoms with Gasteiger partial charge >= 0.3 is 5.97 Å². The lowest BCUT2D eigenvalue weighted by Gasteiger charge is -2.20. The largest absolute Gasteiger partial charge is 0.468 e. The molecule has 0 amide bonds. The topological polar surface area (TPSA) is 38.3 Å². The monoisotopic (exact) mass is 293 g/mol. The Morgan fingerprint density at radius 2 is 2.20 bits per heavy atom. The maximum absolute atomic E-state index is 11.8. The number of hydrogen-bond donors (Lipinski definition) is 1. The number of carbonyl (C=O) groups excluding carboxylic acids is 1. The van der Waals surface area contributed by atoms with Crippen molar-refractivity contribution in [1.82, 2.24) is 5.32 Å². The number of benzene rings is 1. The first-order valence-electron chi connectivity index (χ1n) is 7.16. The van der Waals surface area contributed by atoms with Crippen LogP contribution in [0.1, 0.15) is 25.8 Å². The van der Waals surface area contributed by atoms with Crippen LogP contribution < -0.4 is 5.32 Å². The molecule has 1 aromatic rings. The van der Waals surface area contributed by atoms with Gasteiger partial charge in [-0.15, -0.1) is 11.8 Å². The number of rotatable bonds is 6. The van der Waals surface area contributed by atoms with Crippen LogP contribution >= 0.6 is 11.8 Å². The number of methoxy groups -OCH3 is 1. The highest BCUT2D eigenvalue weighted by atomic mass is 32.2. The van der Waals surface area contributed by atoms with E-state index in [1.807, 2.05) is 11.8 Å². The molecule has 0 fully saturated rings. The molecule has 0 saturated heterocycles. The lowest BCUT2D eigenvalue weighted by atomic mass is 10.0. The fourth-order valence-electron chi connectivity index (χ4n) is 2.52. The van der Waals surface area contributed by atoms with E-state index in [9.17, 15) is 4.79 Å². The first-order chi connectivity index (χ1) is 9.60. The Labute approximate surface area is 125 Å². The molecule has 0 aromatic heterocycles. The summed E-state index contributed by atoms with van der Waals surface area (Å²) in [7, 11) is 1.46. The normalized spacial score (nSPS) is 18.9. The van der Waals surface area contributed by atoms with Crippen LogP contribution in [0, 0.1) is 5.92 Å². The minimum atomic E-state index is -0.190. The van der Waals surface area contributed by atoms with Gasteiger partial charge in [0.15, 0.2) is 0 Å². The van der Waals surface area contributed by atoms with E-state index in [0.717, 1.165) is 19.4 Å². The molecular weight excluding hydrogens is 270 g/mol. The van der Waals surface area contributed by atoms with E-state index >= 15 is 0 Å². The van der Waals surface area contributed by atoms with Crippen molar-refractivity contribution in [1.29, 1.82) is 0 Å². The van der Waals surface area contributed by atoms with Crippen molar-refractivity contribution in [3.63, 3.8) is 0 Å². The van der Waals surface area contributed by atoms with E-state index in [4.69, 9.17) is 4.74 Å². The summed E-state index contributed by atoms with van der Waals surface area (Å²) in [6.45, 7) is 5.08. The van der Waals surface area contributed by atoms with E-state index in [1.165, 1.54) is 17.6 Å². The highest BCUT2D eigenvalue weighted by molar-refractivity contribution is 8.00. The Hall–Kier alpha value is -1.00. The molecule has 0 bridgehead atoms. The fourth-order valence-corrected chi connectivity index (χ4v) is 3.78. The third kappa shape index (κ3) is 4.00. The molecule has 0 radical (unpaired) electrons. The van der Waals surface area contributed by atoms with Gasteiger partial charge in [-0.1, -0.05) is 32.0 Å². The van der Waals surface area contributed by atoms with E-state index in [0.29, 0.717) is 11.2 Å². The summed E-state index contributed by atoms with van der Waals surface area (Å²) in [5, 5.41) is 3.89. The predicted octanol–water partition coefficient (Wildman–Crippen LogP) is 2.88. The molecule has 110 valence electrons. The summed E-state index contributed by atoms with van der Waals surface area (Å²) in [5.74, 6) is 0.319. The van der Waals surface area contributed by atoms with Crippen LogP contribution in [0.2, 0.25) is 0 Å². The molecule has 1 N–H and O–H groups in total. The first-order valence-corrected chi connectivity index (χ1v) is 8.04. The summed E-state index contributed by atoms with van der Waals surface area (Å²) >= 11 is 1.90. The van der Waals surface area contributed by atoms with Crippen molar-refractivity contribution in [2.75, 3.05) is 13.7 Å². The molecule has 1 aliphatic heterocycles. The average molecular weight is 293 g/mol. The molecule has 0 saturated carbocycles. The number of hydrogen-bond acceptors (Lipinski definition) is 4. The Kier molecular flexibility index (Phi) is 5.49. The molecule has 1 aliphatic rings. The smallest absolute Gasteiger partial charge is 0.322 e. The molecule has 0 aliphatic carbocycles. The second-order valence-electron chi connectivity index (χ2n) is 5.67. The van der Waals surface area contributed by atoms with Gasteiger partial charge < -0.3 is 10.1 Å². The minimum absolute atomic E-state index is 0.154. The Balaban J connectivity index is 1.86. The number of nitrogens with one attached hydrogen (secondary N) is 1. The molecule has 0 spiro atoms.